The van der Waals surface area contributed by atoms with Gasteiger partial charge in [-0.1, -0.05) is 26.0 Å². The number of rotatable bonds is 10. The molecule has 0 bridgehead atoms. The molecule has 8 nitrogen and oxygen atoms in total. The first-order valence-electron chi connectivity index (χ1n) is 11.2. The summed E-state index contributed by atoms with van der Waals surface area (Å²) in [6.07, 6.45) is 0.501. The van der Waals surface area contributed by atoms with E-state index in [1.54, 1.807) is 0 Å². The number of anilines is 1. The van der Waals surface area contributed by atoms with Crippen LogP contribution in [-0.4, -0.2) is 73.4 Å². The predicted molar refractivity (Wildman–Crippen MR) is 141 cm³/mol. The smallest absolute Gasteiger partial charge is 0.224 e. The number of guanidine groups is 1. The molecule has 9 heteroatoms. The molecule has 1 aromatic rings. The van der Waals surface area contributed by atoms with Crippen LogP contribution in [0.15, 0.2) is 29.3 Å². The number of halogens is 1. The van der Waals surface area contributed by atoms with Crippen LogP contribution >= 0.6 is 24.0 Å². The Morgan fingerprint density at radius 3 is 2.66 bits per heavy atom. The molecule has 1 unspecified atom stereocenters. The normalized spacial score (nSPS) is 16.8. The van der Waals surface area contributed by atoms with Crippen LogP contribution in [0.4, 0.5) is 5.69 Å². The Morgan fingerprint density at radius 2 is 2.00 bits per heavy atom. The Bertz CT molecular complexity index is 721. The number of aliphatic hydroxyl groups is 1. The van der Waals surface area contributed by atoms with Crippen molar-refractivity contribution >= 4 is 41.5 Å². The van der Waals surface area contributed by atoms with Crippen molar-refractivity contribution in [3.05, 3.63) is 29.8 Å². The molecule has 182 valence electrons. The molecule has 2 rings (SSSR count). The molecule has 1 aliphatic heterocycles. The highest BCUT2D eigenvalue weighted by Gasteiger charge is 2.25. The van der Waals surface area contributed by atoms with Gasteiger partial charge in [-0.2, -0.15) is 0 Å². The molecule has 1 saturated heterocycles. The third kappa shape index (κ3) is 11.4. The summed E-state index contributed by atoms with van der Waals surface area (Å²) >= 11 is 0. The number of benzene rings is 1. The number of hydrogen-bond acceptors (Lipinski definition) is 5. The molecule has 0 saturated carbocycles. The van der Waals surface area contributed by atoms with E-state index in [0.29, 0.717) is 51.1 Å². The maximum atomic E-state index is 12.0. The third-order valence-electron chi connectivity index (χ3n) is 4.87. The first kappa shape index (κ1) is 28.6. The molecule has 0 aliphatic carbocycles. The van der Waals surface area contributed by atoms with E-state index < -0.39 is 5.60 Å². The van der Waals surface area contributed by atoms with E-state index in [1.807, 2.05) is 52.0 Å². The average Bonchev–Trinajstić information content (AvgIpc) is 2.70. The lowest BCUT2D eigenvalue weighted by Crippen LogP contribution is -2.52. The maximum Gasteiger partial charge on any atom is 0.224 e. The number of nitrogens with one attached hydrogen (secondary N) is 3. The molecular weight excluding hydrogens is 521 g/mol. The van der Waals surface area contributed by atoms with Gasteiger partial charge in [0.05, 0.1) is 25.4 Å². The molecular formula is C23H40IN5O3. The molecule has 1 aliphatic rings. The fourth-order valence-electron chi connectivity index (χ4n) is 3.41. The van der Waals surface area contributed by atoms with Crippen LogP contribution < -0.4 is 16.0 Å². The number of morpholine rings is 1. The summed E-state index contributed by atoms with van der Waals surface area (Å²) in [5.41, 5.74) is 0.901. The Hall–Kier alpha value is -1.43. The minimum atomic E-state index is -0.881. The van der Waals surface area contributed by atoms with Crippen molar-refractivity contribution in [1.29, 1.82) is 0 Å². The zero-order chi connectivity index (χ0) is 22.7. The number of amides is 1. The van der Waals surface area contributed by atoms with Gasteiger partial charge in [0.15, 0.2) is 5.96 Å². The van der Waals surface area contributed by atoms with Crippen LogP contribution in [0.2, 0.25) is 0 Å². The topological polar surface area (TPSA) is 98.2 Å². The quantitative estimate of drug-likeness (QED) is 0.199. The van der Waals surface area contributed by atoms with Crippen molar-refractivity contribution < 1.29 is 14.6 Å². The zero-order valence-electron chi connectivity index (χ0n) is 19.8. The van der Waals surface area contributed by atoms with Crippen LogP contribution in [0.25, 0.3) is 0 Å². The van der Waals surface area contributed by atoms with Crippen molar-refractivity contribution in [2.75, 3.05) is 51.3 Å². The molecule has 1 fully saturated rings. The molecule has 0 spiro atoms. The lowest BCUT2D eigenvalue weighted by Gasteiger charge is -2.34. The van der Waals surface area contributed by atoms with E-state index in [4.69, 9.17) is 4.74 Å². The minimum absolute atomic E-state index is 0. The van der Waals surface area contributed by atoms with Crippen molar-refractivity contribution in [2.45, 2.75) is 46.3 Å². The van der Waals surface area contributed by atoms with Gasteiger partial charge < -0.3 is 25.8 Å². The fraction of sp³-hybridized carbons (Fsp3) is 0.652. The Morgan fingerprint density at radius 1 is 1.28 bits per heavy atom. The van der Waals surface area contributed by atoms with Crippen LogP contribution in [0.5, 0.6) is 0 Å². The van der Waals surface area contributed by atoms with Crippen LogP contribution in [0, 0.1) is 5.92 Å². The first-order valence-corrected chi connectivity index (χ1v) is 11.2. The highest BCUT2D eigenvalue weighted by Crippen LogP contribution is 2.13. The molecule has 0 aromatic heterocycles. The standard InChI is InChI=1S/C23H39N5O3.HI/c1-5-24-22(26-16-23(4,30)17-28-9-11-31-12-10-28)25-15-19-7-6-8-20(14-19)27-21(29)13-18(2)3;/h6-8,14,18,30H,5,9-13,15-17H2,1-4H3,(H,27,29)(H2,24,25,26);1H. The van der Waals surface area contributed by atoms with E-state index >= 15 is 0 Å². The highest BCUT2D eigenvalue weighted by atomic mass is 127. The molecule has 1 heterocycles. The lowest BCUT2D eigenvalue weighted by atomic mass is 10.1. The molecule has 1 aromatic carbocycles. The Labute approximate surface area is 209 Å². The van der Waals surface area contributed by atoms with Crippen LogP contribution in [0.3, 0.4) is 0 Å². The number of hydrogen-bond donors (Lipinski definition) is 4. The van der Waals surface area contributed by atoms with Gasteiger partial charge >= 0.3 is 0 Å². The van der Waals surface area contributed by atoms with Crippen LogP contribution in [-0.2, 0) is 16.1 Å². The number of ether oxygens (including phenoxy) is 1. The third-order valence-corrected chi connectivity index (χ3v) is 4.87. The second-order valence-electron chi connectivity index (χ2n) is 8.78. The van der Waals surface area contributed by atoms with E-state index in [-0.39, 0.29) is 29.9 Å². The molecule has 32 heavy (non-hydrogen) atoms. The van der Waals surface area contributed by atoms with Crippen LogP contribution in [0.1, 0.15) is 39.7 Å². The van der Waals surface area contributed by atoms with E-state index in [2.05, 4.69) is 25.8 Å². The largest absolute Gasteiger partial charge is 0.387 e. The van der Waals surface area contributed by atoms with Gasteiger partial charge in [-0.25, -0.2) is 4.99 Å². The van der Waals surface area contributed by atoms with E-state index in [9.17, 15) is 9.90 Å². The summed E-state index contributed by atoms with van der Waals surface area (Å²) in [5, 5.41) is 20.2. The summed E-state index contributed by atoms with van der Waals surface area (Å²) < 4.78 is 5.37. The number of carbonyl (C=O) groups excluding carboxylic acids is 1. The SMILES string of the molecule is CCNC(=NCc1cccc(NC(=O)CC(C)C)c1)NCC(C)(O)CN1CCOCC1.I. The lowest BCUT2D eigenvalue weighted by molar-refractivity contribution is -0.116. The van der Waals surface area contributed by atoms with Gasteiger partial charge in [0.1, 0.15) is 0 Å². The summed E-state index contributed by atoms with van der Waals surface area (Å²) in [6, 6.07) is 7.74. The second kappa shape index (κ2) is 14.7. The van der Waals surface area contributed by atoms with Gasteiger partial charge in [0.2, 0.25) is 5.91 Å². The average molecular weight is 562 g/mol. The first-order chi connectivity index (χ1) is 14.8. The van der Waals surface area contributed by atoms with Gasteiger partial charge in [-0.3, -0.25) is 9.69 Å². The van der Waals surface area contributed by atoms with E-state index in [1.165, 1.54) is 0 Å². The maximum absolute atomic E-state index is 12.0. The van der Waals surface area contributed by atoms with Gasteiger partial charge in [0.25, 0.3) is 0 Å². The summed E-state index contributed by atoms with van der Waals surface area (Å²) in [5.74, 6) is 0.995. The molecule has 4 N–H and O–H groups in total. The predicted octanol–water partition coefficient (Wildman–Crippen LogP) is 2.43. The number of β-amino-alcohol motifs (C(OH)–C–C–N with tert-alkyl or cyclic N) is 1. The molecule has 1 atom stereocenters. The van der Waals surface area contributed by atoms with Crippen molar-refractivity contribution in [1.82, 2.24) is 15.5 Å². The molecule has 0 radical (unpaired) electrons. The van der Waals surface area contributed by atoms with Gasteiger partial charge in [-0.05, 0) is 37.5 Å². The monoisotopic (exact) mass is 561 g/mol. The fourth-order valence-corrected chi connectivity index (χ4v) is 3.41. The zero-order valence-corrected chi connectivity index (χ0v) is 22.1. The highest BCUT2D eigenvalue weighted by molar-refractivity contribution is 14.0. The second-order valence-corrected chi connectivity index (χ2v) is 8.78. The Kier molecular flexibility index (Phi) is 13.1. The minimum Gasteiger partial charge on any atom is -0.387 e. The van der Waals surface area contributed by atoms with Crippen molar-refractivity contribution in [2.24, 2.45) is 10.9 Å². The molecule has 1 amide bonds. The Balaban J connectivity index is 0.00000512. The number of carbonyl (C=O) groups is 1. The van der Waals surface area contributed by atoms with Crippen molar-refractivity contribution in [3.8, 4) is 0 Å². The summed E-state index contributed by atoms with van der Waals surface area (Å²) in [6.45, 7) is 13.2. The van der Waals surface area contributed by atoms with E-state index in [0.717, 1.165) is 30.9 Å². The summed E-state index contributed by atoms with van der Waals surface area (Å²) in [4.78, 5) is 18.9. The van der Waals surface area contributed by atoms with Gasteiger partial charge in [0, 0.05) is 44.8 Å². The number of nitrogens with zero attached hydrogens (tertiary/aromatic N) is 2. The summed E-state index contributed by atoms with van der Waals surface area (Å²) in [7, 11) is 0. The number of aliphatic imine (C=N–C) groups is 1. The van der Waals surface area contributed by atoms with Crippen molar-refractivity contribution in [3.63, 3.8) is 0 Å². The van der Waals surface area contributed by atoms with Gasteiger partial charge in [-0.15, -0.1) is 24.0 Å².